The minimum atomic E-state index is -0.400. The standard InChI is InChI=1S/C13H18BClN2O2/c1-12(2)13(3,4)19-14(18-12)6-5-9-7-10(15)8-17-11(9)16/h5-8H,1-4H3,(H2,16,17)/b6-5+. The molecule has 0 unspecified atom stereocenters. The van der Waals surface area contributed by atoms with Crippen molar-refractivity contribution in [2.24, 2.45) is 0 Å². The van der Waals surface area contributed by atoms with Crippen LogP contribution in [0, 0.1) is 0 Å². The molecule has 19 heavy (non-hydrogen) atoms. The predicted octanol–water partition coefficient (Wildman–Crippen LogP) is 2.96. The van der Waals surface area contributed by atoms with Crippen LogP contribution in [0.25, 0.3) is 6.08 Å². The largest absolute Gasteiger partial charge is 0.487 e. The topological polar surface area (TPSA) is 57.4 Å². The normalized spacial score (nSPS) is 21.2. The van der Waals surface area contributed by atoms with Crippen molar-refractivity contribution >= 4 is 30.6 Å². The van der Waals surface area contributed by atoms with Gasteiger partial charge < -0.3 is 15.0 Å². The Labute approximate surface area is 119 Å². The number of hydrogen-bond donors (Lipinski definition) is 1. The molecule has 0 radical (unpaired) electrons. The number of aromatic nitrogens is 1. The van der Waals surface area contributed by atoms with E-state index in [4.69, 9.17) is 26.6 Å². The van der Waals surface area contributed by atoms with Gasteiger partial charge in [0.1, 0.15) is 5.82 Å². The summed E-state index contributed by atoms with van der Waals surface area (Å²) in [6, 6.07) is 1.76. The number of halogens is 1. The van der Waals surface area contributed by atoms with Crippen LogP contribution in [-0.2, 0) is 9.31 Å². The van der Waals surface area contributed by atoms with E-state index in [1.807, 2.05) is 39.7 Å². The fourth-order valence-corrected chi connectivity index (χ4v) is 1.91. The molecule has 4 nitrogen and oxygen atoms in total. The first-order chi connectivity index (χ1) is 8.71. The van der Waals surface area contributed by atoms with Crippen molar-refractivity contribution in [2.45, 2.75) is 38.9 Å². The summed E-state index contributed by atoms with van der Waals surface area (Å²) in [5.74, 6) is 2.25. The van der Waals surface area contributed by atoms with Gasteiger partial charge in [-0.05, 0) is 33.8 Å². The third-order valence-electron chi connectivity index (χ3n) is 3.62. The van der Waals surface area contributed by atoms with Gasteiger partial charge in [-0.15, -0.1) is 0 Å². The Morgan fingerprint density at radius 3 is 2.42 bits per heavy atom. The van der Waals surface area contributed by atoms with Crippen LogP contribution < -0.4 is 5.73 Å². The first kappa shape index (κ1) is 14.4. The van der Waals surface area contributed by atoms with E-state index >= 15 is 0 Å². The fraction of sp³-hybridized carbons (Fsp3) is 0.462. The number of nitrogens with zero attached hydrogens (tertiary/aromatic N) is 1. The van der Waals surface area contributed by atoms with E-state index in [0.29, 0.717) is 10.8 Å². The second-order valence-electron chi connectivity index (χ2n) is 5.61. The Morgan fingerprint density at radius 2 is 1.84 bits per heavy atom. The van der Waals surface area contributed by atoms with E-state index in [0.717, 1.165) is 5.56 Å². The van der Waals surface area contributed by atoms with Crippen LogP contribution in [0.2, 0.25) is 5.02 Å². The van der Waals surface area contributed by atoms with Gasteiger partial charge in [0.05, 0.1) is 16.2 Å². The Bertz CT molecular complexity index is 501. The lowest BCUT2D eigenvalue weighted by Gasteiger charge is -2.32. The van der Waals surface area contributed by atoms with E-state index in [2.05, 4.69) is 4.98 Å². The molecule has 0 aliphatic carbocycles. The zero-order chi connectivity index (χ0) is 14.3. The minimum Gasteiger partial charge on any atom is -0.400 e. The van der Waals surface area contributed by atoms with E-state index in [1.165, 1.54) is 6.20 Å². The number of rotatable bonds is 2. The van der Waals surface area contributed by atoms with Crippen LogP contribution in [0.1, 0.15) is 33.3 Å². The average Bonchev–Trinajstić information content (AvgIpc) is 2.49. The van der Waals surface area contributed by atoms with Crippen molar-refractivity contribution in [1.29, 1.82) is 0 Å². The minimum absolute atomic E-state index is 0.347. The van der Waals surface area contributed by atoms with Crippen molar-refractivity contribution in [3.05, 3.63) is 28.8 Å². The highest BCUT2D eigenvalue weighted by Gasteiger charge is 2.49. The van der Waals surface area contributed by atoms with E-state index in [9.17, 15) is 0 Å². The highest BCUT2D eigenvalue weighted by molar-refractivity contribution is 6.52. The second-order valence-corrected chi connectivity index (χ2v) is 6.05. The van der Waals surface area contributed by atoms with Gasteiger partial charge in [0, 0.05) is 11.8 Å². The van der Waals surface area contributed by atoms with Gasteiger partial charge in [-0.2, -0.15) is 0 Å². The second kappa shape index (κ2) is 4.82. The molecule has 1 aliphatic heterocycles. The Balaban J connectivity index is 2.15. The molecule has 102 valence electrons. The Morgan fingerprint density at radius 1 is 1.26 bits per heavy atom. The van der Waals surface area contributed by atoms with Crippen molar-refractivity contribution in [3.8, 4) is 0 Å². The predicted molar refractivity (Wildman–Crippen MR) is 78.8 cm³/mol. The molecule has 2 rings (SSSR count). The van der Waals surface area contributed by atoms with Crippen LogP contribution in [-0.4, -0.2) is 23.3 Å². The van der Waals surface area contributed by atoms with Crippen LogP contribution in [0.3, 0.4) is 0 Å². The Hall–Kier alpha value is -1.04. The number of hydrogen-bond acceptors (Lipinski definition) is 4. The van der Waals surface area contributed by atoms with Gasteiger partial charge in [0.25, 0.3) is 0 Å². The number of anilines is 1. The third-order valence-corrected chi connectivity index (χ3v) is 3.83. The van der Waals surface area contributed by atoms with E-state index in [1.54, 1.807) is 6.07 Å². The maximum absolute atomic E-state index is 5.89. The lowest BCUT2D eigenvalue weighted by atomic mass is 9.89. The molecule has 1 fully saturated rings. The molecule has 0 spiro atoms. The lowest BCUT2D eigenvalue weighted by molar-refractivity contribution is 0.00578. The maximum atomic E-state index is 5.89. The molecule has 1 aromatic rings. The molecule has 1 aliphatic rings. The highest BCUT2D eigenvalue weighted by Crippen LogP contribution is 2.37. The van der Waals surface area contributed by atoms with Crippen molar-refractivity contribution in [3.63, 3.8) is 0 Å². The number of nitrogens with two attached hydrogens (primary N) is 1. The highest BCUT2D eigenvalue weighted by atomic mass is 35.5. The number of nitrogen functional groups attached to an aromatic ring is 1. The summed E-state index contributed by atoms with van der Waals surface area (Å²) in [7, 11) is -0.400. The summed E-state index contributed by atoms with van der Waals surface area (Å²) < 4.78 is 11.7. The van der Waals surface area contributed by atoms with Crippen LogP contribution in [0.4, 0.5) is 5.82 Å². The van der Waals surface area contributed by atoms with Gasteiger partial charge in [-0.25, -0.2) is 4.98 Å². The maximum Gasteiger partial charge on any atom is 0.487 e. The molecule has 0 bridgehead atoms. The fourth-order valence-electron chi connectivity index (χ4n) is 1.75. The molecule has 0 atom stereocenters. The van der Waals surface area contributed by atoms with Crippen LogP contribution in [0.15, 0.2) is 18.2 Å². The molecule has 1 saturated heterocycles. The zero-order valence-corrected chi connectivity index (χ0v) is 12.4. The molecule has 1 aromatic heterocycles. The summed E-state index contributed by atoms with van der Waals surface area (Å²) in [5, 5.41) is 0.544. The molecule has 2 N–H and O–H groups in total. The van der Waals surface area contributed by atoms with Gasteiger partial charge in [0.15, 0.2) is 0 Å². The van der Waals surface area contributed by atoms with Crippen molar-refractivity contribution in [1.82, 2.24) is 4.98 Å². The van der Waals surface area contributed by atoms with Crippen LogP contribution >= 0.6 is 11.6 Å². The van der Waals surface area contributed by atoms with E-state index in [-0.39, 0.29) is 11.2 Å². The molecule has 6 heteroatoms. The SMILES string of the molecule is CC1(C)OB(/C=C/c2cc(Cl)cnc2N)OC1(C)C. The van der Waals surface area contributed by atoms with Crippen molar-refractivity contribution < 1.29 is 9.31 Å². The van der Waals surface area contributed by atoms with Gasteiger partial charge in [0.2, 0.25) is 0 Å². The molecule has 0 saturated carbocycles. The van der Waals surface area contributed by atoms with Gasteiger partial charge in [-0.1, -0.05) is 23.7 Å². The third kappa shape index (κ3) is 2.94. The summed E-state index contributed by atoms with van der Waals surface area (Å²) >= 11 is 5.89. The first-order valence-corrected chi connectivity index (χ1v) is 6.54. The van der Waals surface area contributed by atoms with Crippen molar-refractivity contribution in [2.75, 3.05) is 5.73 Å². The molecule has 2 heterocycles. The molecular weight excluding hydrogens is 262 g/mol. The first-order valence-electron chi connectivity index (χ1n) is 6.16. The monoisotopic (exact) mass is 280 g/mol. The summed E-state index contributed by atoms with van der Waals surface area (Å²) in [5.41, 5.74) is 5.84. The lowest BCUT2D eigenvalue weighted by Crippen LogP contribution is -2.41. The average molecular weight is 281 g/mol. The van der Waals surface area contributed by atoms with Gasteiger partial charge in [-0.3, -0.25) is 0 Å². The van der Waals surface area contributed by atoms with E-state index < -0.39 is 7.12 Å². The van der Waals surface area contributed by atoms with Gasteiger partial charge >= 0.3 is 7.12 Å². The quantitative estimate of drug-likeness (QED) is 0.846. The molecule has 0 amide bonds. The summed E-state index contributed by atoms with van der Waals surface area (Å²) in [6.45, 7) is 8.04. The summed E-state index contributed by atoms with van der Waals surface area (Å²) in [4.78, 5) is 3.99. The molecule has 0 aromatic carbocycles. The Kier molecular flexibility index (Phi) is 3.64. The molecular formula is C13H18BClN2O2. The zero-order valence-electron chi connectivity index (χ0n) is 11.6. The number of pyridine rings is 1. The van der Waals surface area contributed by atoms with Crippen LogP contribution in [0.5, 0.6) is 0 Å². The smallest absolute Gasteiger partial charge is 0.400 e. The summed E-state index contributed by atoms with van der Waals surface area (Å²) in [6.07, 6.45) is 3.33.